The largest absolute Gasteiger partial charge is 0.496 e. The van der Waals surface area contributed by atoms with Gasteiger partial charge in [0.1, 0.15) is 5.75 Å². The summed E-state index contributed by atoms with van der Waals surface area (Å²) in [4.78, 5) is 24.0. The van der Waals surface area contributed by atoms with E-state index in [9.17, 15) is 9.59 Å². The molecule has 0 aliphatic carbocycles. The zero-order chi connectivity index (χ0) is 18.4. The first kappa shape index (κ1) is 19.3. The molecule has 2 rings (SSSR count). The van der Waals surface area contributed by atoms with Gasteiger partial charge in [0, 0.05) is 31.3 Å². The van der Waals surface area contributed by atoms with Crippen LogP contribution in [0.1, 0.15) is 17.7 Å². The van der Waals surface area contributed by atoms with E-state index in [1.807, 2.05) is 13.0 Å². The summed E-state index contributed by atoms with van der Waals surface area (Å²) < 4.78 is 6.66. The van der Waals surface area contributed by atoms with Crippen LogP contribution in [0.3, 0.4) is 0 Å². The second-order valence-electron chi connectivity index (χ2n) is 5.62. The van der Waals surface area contributed by atoms with Crippen molar-refractivity contribution >= 4 is 29.1 Å². The molecule has 134 valence electrons. The average Bonchev–Trinajstić information content (AvgIpc) is 2.58. The lowest BCUT2D eigenvalue weighted by Crippen LogP contribution is -2.31. The van der Waals surface area contributed by atoms with E-state index in [0.717, 1.165) is 11.3 Å². The zero-order valence-electron chi connectivity index (χ0n) is 14.1. The Labute approximate surface area is 156 Å². The third-order valence-corrected chi connectivity index (χ3v) is 4.57. The van der Waals surface area contributed by atoms with Gasteiger partial charge in [0.25, 0.3) is 5.56 Å². The topological polar surface area (TPSA) is 60.3 Å². The number of pyridine rings is 1. The average molecular weight is 383 g/mol. The van der Waals surface area contributed by atoms with Gasteiger partial charge in [-0.2, -0.15) is 0 Å². The van der Waals surface area contributed by atoms with Crippen LogP contribution >= 0.6 is 23.2 Å². The van der Waals surface area contributed by atoms with E-state index in [2.05, 4.69) is 5.32 Å². The lowest BCUT2D eigenvalue weighted by atomic mass is 10.1. The molecule has 0 radical (unpaired) electrons. The van der Waals surface area contributed by atoms with Crippen molar-refractivity contribution in [3.05, 3.63) is 62.0 Å². The van der Waals surface area contributed by atoms with Crippen LogP contribution < -0.4 is 15.6 Å². The molecule has 1 aromatic heterocycles. The van der Waals surface area contributed by atoms with Gasteiger partial charge in [-0.05, 0) is 37.1 Å². The minimum absolute atomic E-state index is 0.0784. The number of carbonyl (C=O) groups is 1. The molecule has 0 aliphatic heterocycles. The van der Waals surface area contributed by atoms with E-state index in [1.165, 1.54) is 13.2 Å². The van der Waals surface area contributed by atoms with E-state index in [-0.39, 0.29) is 11.5 Å². The number of rotatable bonds is 7. The number of nitrogens with zero attached hydrogens (tertiary/aromatic N) is 1. The predicted octanol–water partition coefficient (Wildman–Crippen LogP) is 3.22. The lowest BCUT2D eigenvalue weighted by molar-refractivity contribution is -0.121. The Morgan fingerprint density at radius 1 is 1.20 bits per heavy atom. The monoisotopic (exact) mass is 382 g/mol. The van der Waals surface area contributed by atoms with E-state index in [0.29, 0.717) is 41.7 Å². The summed E-state index contributed by atoms with van der Waals surface area (Å²) in [5.74, 6) is 0.453. The molecule has 0 spiro atoms. The first-order valence-corrected chi connectivity index (χ1v) is 8.62. The number of hydrogen-bond donors (Lipinski definition) is 1. The fourth-order valence-electron chi connectivity index (χ4n) is 2.45. The Morgan fingerprint density at radius 2 is 1.96 bits per heavy atom. The van der Waals surface area contributed by atoms with Crippen molar-refractivity contribution in [1.82, 2.24) is 9.88 Å². The number of aromatic nitrogens is 1. The summed E-state index contributed by atoms with van der Waals surface area (Å²) in [5, 5.41) is 3.80. The van der Waals surface area contributed by atoms with Gasteiger partial charge in [0.05, 0.1) is 17.2 Å². The fraction of sp³-hybridized carbons (Fsp3) is 0.333. The molecule has 1 aromatic carbocycles. The Bertz CT molecular complexity index is 818. The van der Waals surface area contributed by atoms with Gasteiger partial charge in [0.2, 0.25) is 5.91 Å². The van der Waals surface area contributed by atoms with Crippen LogP contribution in [-0.2, 0) is 17.8 Å². The number of hydrogen-bond acceptors (Lipinski definition) is 3. The van der Waals surface area contributed by atoms with E-state index in [4.69, 9.17) is 27.9 Å². The van der Waals surface area contributed by atoms with Crippen LogP contribution in [0.25, 0.3) is 0 Å². The molecule has 25 heavy (non-hydrogen) atoms. The summed E-state index contributed by atoms with van der Waals surface area (Å²) in [5.41, 5.74) is 1.59. The maximum absolute atomic E-state index is 12.0. The van der Waals surface area contributed by atoms with Crippen molar-refractivity contribution in [3.63, 3.8) is 0 Å². The van der Waals surface area contributed by atoms with Crippen molar-refractivity contribution in [2.45, 2.75) is 26.3 Å². The molecular formula is C18H20Cl2N2O3. The highest BCUT2D eigenvalue weighted by atomic mass is 35.5. The molecule has 0 aliphatic rings. The van der Waals surface area contributed by atoms with Crippen molar-refractivity contribution in [2.75, 3.05) is 13.7 Å². The van der Waals surface area contributed by atoms with Gasteiger partial charge in [-0.25, -0.2) is 0 Å². The molecule has 1 amide bonds. The number of amides is 1. The first-order valence-electron chi connectivity index (χ1n) is 7.87. The molecule has 0 unspecified atom stereocenters. The molecule has 2 aromatic rings. The number of aryl methyl sites for hydroxylation is 2. The van der Waals surface area contributed by atoms with Gasteiger partial charge in [-0.1, -0.05) is 29.3 Å². The van der Waals surface area contributed by atoms with Crippen LogP contribution in [0.5, 0.6) is 5.75 Å². The number of benzene rings is 1. The van der Waals surface area contributed by atoms with Crippen LogP contribution in [0.15, 0.2) is 35.1 Å². The van der Waals surface area contributed by atoms with E-state index >= 15 is 0 Å². The standard InChI is InChI=1S/C18H20Cl2N2O3/c1-12-9-14(25-2)11-18(24)22(12)8-7-21-17(23)6-4-13-3-5-15(19)16(20)10-13/h3,5,9-11H,4,6-8H2,1-2H3,(H,21,23). The van der Waals surface area contributed by atoms with E-state index in [1.54, 1.807) is 22.8 Å². The molecule has 5 nitrogen and oxygen atoms in total. The van der Waals surface area contributed by atoms with Gasteiger partial charge >= 0.3 is 0 Å². The summed E-state index contributed by atoms with van der Waals surface area (Å²) in [6.45, 7) is 2.62. The highest BCUT2D eigenvalue weighted by Crippen LogP contribution is 2.23. The van der Waals surface area contributed by atoms with Crippen LogP contribution in [0, 0.1) is 6.92 Å². The highest BCUT2D eigenvalue weighted by molar-refractivity contribution is 6.42. The number of carbonyl (C=O) groups excluding carboxylic acids is 1. The number of nitrogens with one attached hydrogen (secondary N) is 1. The van der Waals surface area contributed by atoms with Crippen molar-refractivity contribution in [2.24, 2.45) is 0 Å². The minimum atomic E-state index is -0.151. The summed E-state index contributed by atoms with van der Waals surface area (Å²) in [6.07, 6.45) is 0.915. The maximum Gasteiger partial charge on any atom is 0.254 e. The minimum Gasteiger partial charge on any atom is -0.496 e. The Morgan fingerprint density at radius 3 is 2.60 bits per heavy atom. The number of methoxy groups -OCH3 is 1. The molecule has 0 atom stereocenters. The van der Waals surface area contributed by atoms with Gasteiger partial charge < -0.3 is 14.6 Å². The molecule has 7 heteroatoms. The Kier molecular flexibility index (Phi) is 6.91. The molecule has 1 N–H and O–H groups in total. The molecule has 0 fully saturated rings. The van der Waals surface area contributed by atoms with Crippen molar-refractivity contribution in [3.8, 4) is 5.75 Å². The molecule has 0 saturated heterocycles. The normalized spacial score (nSPS) is 10.6. The van der Waals surface area contributed by atoms with Crippen LogP contribution in [0.4, 0.5) is 0 Å². The molecule has 1 heterocycles. The van der Waals surface area contributed by atoms with Gasteiger partial charge in [-0.15, -0.1) is 0 Å². The predicted molar refractivity (Wildman–Crippen MR) is 99.8 cm³/mol. The van der Waals surface area contributed by atoms with E-state index < -0.39 is 0 Å². The quantitative estimate of drug-likeness (QED) is 0.799. The van der Waals surface area contributed by atoms with Crippen molar-refractivity contribution < 1.29 is 9.53 Å². The number of ether oxygens (including phenoxy) is 1. The molecular weight excluding hydrogens is 363 g/mol. The maximum atomic E-state index is 12.0. The van der Waals surface area contributed by atoms with Gasteiger partial charge in [-0.3, -0.25) is 9.59 Å². The van der Waals surface area contributed by atoms with Gasteiger partial charge in [0.15, 0.2) is 0 Å². The summed E-state index contributed by atoms with van der Waals surface area (Å²) in [7, 11) is 1.52. The smallest absolute Gasteiger partial charge is 0.254 e. The second-order valence-corrected chi connectivity index (χ2v) is 6.44. The summed E-state index contributed by atoms with van der Waals surface area (Å²) >= 11 is 11.8. The summed E-state index contributed by atoms with van der Waals surface area (Å²) in [6, 6.07) is 8.54. The highest BCUT2D eigenvalue weighted by Gasteiger charge is 2.06. The Hall–Kier alpha value is -1.98. The SMILES string of the molecule is COc1cc(C)n(CCNC(=O)CCc2ccc(Cl)c(Cl)c2)c(=O)c1. The van der Waals surface area contributed by atoms with Crippen LogP contribution in [0.2, 0.25) is 10.0 Å². The Balaban J connectivity index is 1.82. The molecule has 0 saturated carbocycles. The van der Waals surface area contributed by atoms with Crippen molar-refractivity contribution in [1.29, 1.82) is 0 Å². The van der Waals surface area contributed by atoms with Crippen LogP contribution in [-0.4, -0.2) is 24.1 Å². The first-order chi connectivity index (χ1) is 11.9. The fourth-order valence-corrected chi connectivity index (χ4v) is 2.77. The lowest BCUT2D eigenvalue weighted by Gasteiger charge is -2.12. The molecule has 0 bridgehead atoms. The third kappa shape index (κ3) is 5.51. The number of halogens is 2. The third-order valence-electron chi connectivity index (χ3n) is 3.83. The zero-order valence-corrected chi connectivity index (χ0v) is 15.7. The second kappa shape index (κ2) is 8.92.